The van der Waals surface area contributed by atoms with E-state index in [1.807, 2.05) is 85.8 Å². The van der Waals surface area contributed by atoms with Crippen molar-refractivity contribution in [3.8, 4) is 5.75 Å². The third-order valence-corrected chi connectivity index (χ3v) is 6.82. The fraction of sp³-hybridized carbons (Fsp3) is 0.294. The molecule has 0 aliphatic carbocycles. The minimum absolute atomic E-state index is 0.248. The zero-order valence-corrected chi connectivity index (χ0v) is 22.4. The van der Waals surface area contributed by atoms with Gasteiger partial charge in [0.15, 0.2) is 0 Å². The average molecular weight is 525 g/mol. The highest BCUT2D eigenvalue weighted by Gasteiger charge is 2.41. The molecule has 5 nitrogen and oxygen atoms in total. The van der Waals surface area contributed by atoms with E-state index >= 15 is 0 Å². The normalized spacial score (nSPS) is 20.9. The van der Waals surface area contributed by atoms with E-state index < -0.39 is 6.29 Å². The monoisotopic (exact) mass is 524 g/mol. The van der Waals surface area contributed by atoms with Crippen molar-refractivity contribution < 1.29 is 23.7 Å². The number of rotatable bonds is 12. The van der Waals surface area contributed by atoms with E-state index in [1.54, 1.807) is 0 Å². The number of aryl methyl sites for hydroxylation is 1. The Hall–Kier alpha value is -3.48. The van der Waals surface area contributed by atoms with Crippen molar-refractivity contribution in [1.82, 2.24) is 0 Å². The first-order valence-electron chi connectivity index (χ1n) is 13.5. The quantitative estimate of drug-likeness (QED) is 0.202. The van der Waals surface area contributed by atoms with Gasteiger partial charge < -0.3 is 23.7 Å². The van der Waals surface area contributed by atoms with Gasteiger partial charge >= 0.3 is 0 Å². The Balaban J connectivity index is 1.34. The fourth-order valence-corrected chi connectivity index (χ4v) is 4.72. The van der Waals surface area contributed by atoms with Crippen LogP contribution in [0.2, 0.25) is 0 Å². The van der Waals surface area contributed by atoms with Crippen molar-refractivity contribution in [1.29, 1.82) is 0 Å². The second kappa shape index (κ2) is 14.1. The Morgan fingerprint density at radius 3 is 1.79 bits per heavy atom. The van der Waals surface area contributed by atoms with Crippen molar-refractivity contribution in [2.24, 2.45) is 0 Å². The van der Waals surface area contributed by atoms with Crippen molar-refractivity contribution in [2.45, 2.75) is 57.8 Å². The molecule has 5 rings (SSSR count). The van der Waals surface area contributed by atoms with Gasteiger partial charge in [-0.25, -0.2) is 0 Å². The molecule has 0 amide bonds. The van der Waals surface area contributed by atoms with Crippen LogP contribution in [0.1, 0.15) is 28.7 Å². The number of ether oxygens (including phenoxy) is 5. The molecule has 1 heterocycles. The molecule has 0 radical (unpaired) electrons. The first-order valence-corrected chi connectivity index (χ1v) is 13.5. The molecule has 202 valence electrons. The minimum atomic E-state index is -0.492. The highest BCUT2D eigenvalue weighted by atomic mass is 16.7. The second-order valence-corrected chi connectivity index (χ2v) is 9.82. The SMILES string of the molecule is Cc1ccccc1O[C@H]1C[C@@H](OCc2ccccc2)C(OCc2ccccc2)C(COCc2ccccc2)O1. The van der Waals surface area contributed by atoms with Crippen LogP contribution in [0.4, 0.5) is 0 Å². The van der Waals surface area contributed by atoms with Gasteiger partial charge in [0.1, 0.15) is 18.0 Å². The van der Waals surface area contributed by atoms with Gasteiger partial charge in [-0.05, 0) is 35.2 Å². The topological polar surface area (TPSA) is 46.2 Å². The standard InChI is InChI=1S/C34H36O5/c1-26-13-11-12-20-30(26)38-33-21-31(36-23-28-16-7-3-8-17-28)34(37-24-29-18-9-4-10-19-29)32(39-33)25-35-22-27-14-5-2-6-15-27/h2-20,31-34H,21-25H2,1H3/t31-,32?,33-,34?/m1/s1. The lowest BCUT2D eigenvalue weighted by Crippen LogP contribution is -2.53. The number of para-hydroxylation sites is 1. The summed E-state index contributed by atoms with van der Waals surface area (Å²) in [5.41, 5.74) is 4.38. The van der Waals surface area contributed by atoms with Crippen LogP contribution >= 0.6 is 0 Å². The highest BCUT2D eigenvalue weighted by molar-refractivity contribution is 5.31. The molecule has 1 fully saturated rings. The molecule has 0 bridgehead atoms. The predicted molar refractivity (Wildman–Crippen MR) is 151 cm³/mol. The molecule has 0 aromatic heterocycles. The van der Waals surface area contributed by atoms with Crippen LogP contribution in [0.3, 0.4) is 0 Å². The van der Waals surface area contributed by atoms with E-state index in [-0.39, 0.29) is 18.3 Å². The van der Waals surface area contributed by atoms with E-state index in [0.29, 0.717) is 32.8 Å². The molecule has 5 heteroatoms. The Morgan fingerprint density at radius 1 is 0.641 bits per heavy atom. The molecule has 1 aliphatic rings. The van der Waals surface area contributed by atoms with Gasteiger partial charge in [0, 0.05) is 6.42 Å². The number of benzene rings is 4. The molecule has 1 aliphatic heterocycles. The number of hydrogen-bond acceptors (Lipinski definition) is 5. The highest BCUT2D eigenvalue weighted by Crippen LogP contribution is 2.30. The molecule has 4 atom stereocenters. The second-order valence-electron chi connectivity index (χ2n) is 9.82. The zero-order chi connectivity index (χ0) is 26.7. The van der Waals surface area contributed by atoms with Crippen LogP contribution in [0.5, 0.6) is 5.75 Å². The predicted octanol–water partition coefficient (Wildman–Crippen LogP) is 6.88. The lowest BCUT2D eigenvalue weighted by molar-refractivity contribution is -0.257. The average Bonchev–Trinajstić information content (AvgIpc) is 2.98. The van der Waals surface area contributed by atoms with Gasteiger partial charge in [-0.2, -0.15) is 0 Å². The Kier molecular flexibility index (Phi) is 9.77. The molecule has 4 aromatic carbocycles. The minimum Gasteiger partial charge on any atom is -0.465 e. The molecular formula is C34H36O5. The van der Waals surface area contributed by atoms with Gasteiger partial charge in [-0.3, -0.25) is 0 Å². The van der Waals surface area contributed by atoms with E-state index in [0.717, 1.165) is 28.0 Å². The van der Waals surface area contributed by atoms with E-state index in [9.17, 15) is 0 Å². The van der Waals surface area contributed by atoms with Crippen LogP contribution < -0.4 is 4.74 Å². The molecule has 0 spiro atoms. The van der Waals surface area contributed by atoms with Crippen molar-refractivity contribution in [2.75, 3.05) is 6.61 Å². The molecular weight excluding hydrogens is 488 g/mol. The smallest absolute Gasteiger partial charge is 0.202 e. The molecule has 1 saturated heterocycles. The van der Waals surface area contributed by atoms with Crippen LogP contribution in [0, 0.1) is 6.92 Å². The third kappa shape index (κ3) is 8.01. The largest absolute Gasteiger partial charge is 0.465 e. The zero-order valence-electron chi connectivity index (χ0n) is 22.4. The van der Waals surface area contributed by atoms with Crippen LogP contribution in [0.25, 0.3) is 0 Å². The van der Waals surface area contributed by atoms with E-state index in [4.69, 9.17) is 23.7 Å². The summed E-state index contributed by atoms with van der Waals surface area (Å²) < 4.78 is 32.1. The Morgan fingerprint density at radius 2 is 1.18 bits per heavy atom. The summed E-state index contributed by atoms with van der Waals surface area (Å²) in [4.78, 5) is 0. The van der Waals surface area contributed by atoms with Crippen molar-refractivity contribution in [3.63, 3.8) is 0 Å². The summed E-state index contributed by atoms with van der Waals surface area (Å²) in [6.07, 6.45) is -0.909. The molecule has 0 saturated carbocycles. The maximum Gasteiger partial charge on any atom is 0.202 e. The molecule has 4 aromatic rings. The first kappa shape index (κ1) is 27.1. The van der Waals surface area contributed by atoms with Crippen LogP contribution in [0.15, 0.2) is 115 Å². The van der Waals surface area contributed by atoms with Gasteiger partial charge in [0.05, 0.1) is 32.5 Å². The maximum absolute atomic E-state index is 6.52. The van der Waals surface area contributed by atoms with Gasteiger partial charge in [-0.1, -0.05) is 109 Å². The Bertz CT molecular complexity index is 1250. The van der Waals surface area contributed by atoms with Gasteiger partial charge in [-0.15, -0.1) is 0 Å². The number of hydrogen-bond donors (Lipinski definition) is 0. The molecule has 2 unspecified atom stereocenters. The van der Waals surface area contributed by atoms with Crippen molar-refractivity contribution in [3.05, 3.63) is 138 Å². The van der Waals surface area contributed by atoms with E-state index in [2.05, 4.69) is 36.4 Å². The van der Waals surface area contributed by atoms with Gasteiger partial charge in [0.2, 0.25) is 6.29 Å². The summed E-state index contributed by atoms with van der Waals surface area (Å²) in [5, 5.41) is 0. The maximum atomic E-state index is 6.52. The molecule has 0 N–H and O–H groups in total. The summed E-state index contributed by atoms with van der Waals surface area (Å²) >= 11 is 0. The van der Waals surface area contributed by atoms with Crippen LogP contribution in [-0.4, -0.2) is 31.2 Å². The Labute approximate surface area is 231 Å². The third-order valence-electron chi connectivity index (χ3n) is 6.82. The fourth-order valence-electron chi connectivity index (χ4n) is 4.72. The van der Waals surface area contributed by atoms with Gasteiger partial charge in [0.25, 0.3) is 0 Å². The first-order chi connectivity index (χ1) is 19.2. The lowest BCUT2D eigenvalue weighted by atomic mass is 10.0. The van der Waals surface area contributed by atoms with E-state index in [1.165, 1.54) is 0 Å². The summed E-state index contributed by atoms with van der Waals surface area (Å²) in [5.74, 6) is 0.803. The van der Waals surface area contributed by atoms with Crippen molar-refractivity contribution >= 4 is 0 Å². The summed E-state index contributed by atoms with van der Waals surface area (Å²) in [6, 6.07) is 38.5. The summed E-state index contributed by atoms with van der Waals surface area (Å²) in [6.45, 7) is 3.82. The van der Waals surface area contributed by atoms with Crippen LogP contribution in [-0.2, 0) is 38.8 Å². The molecule has 39 heavy (non-hydrogen) atoms. The lowest BCUT2D eigenvalue weighted by Gasteiger charge is -2.41. The summed E-state index contributed by atoms with van der Waals surface area (Å²) in [7, 11) is 0.